The average molecular weight is 455 g/mol. The molecular weight excluding hydrogens is 437 g/mol. The van der Waals surface area contributed by atoms with Crippen LogP contribution < -0.4 is 4.90 Å². The van der Waals surface area contributed by atoms with Crippen molar-refractivity contribution >= 4 is 29.1 Å². The Bertz CT molecular complexity index is 1380. The fraction of sp³-hybridized carbons (Fsp3) is 0.185. The predicted molar refractivity (Wildman–Crippen MR) is 119 cm³/mol. The standard InChI is InChI=1S/C27H18FNO5/c1-14-9-11-17(12-10-14)29-25(32)20-21(26(29)33)27(34-22(20)15-5-4-6-16(28)13-15)23(30)18-7-2-3-8-19(18)24(27)31/h2-13,20-22H,1H3/t20-,21+,22-/m1/s1. The van der Waals surface area contributed by atoms with Gasteiger partial charge in [-0.05, 0) is 36.8 Å². The van der Waals surface area contributed by atoms with Gasteiger partial charge in [-0.3, -0.25) is 19.2 Å². The summed E-state index contributed by atoms with van der Waals surface area (Å²) in [6, 6.07) is 18.6. The second-order valence-corrected chi connectivity index (χ2v) is 8.88. The van der Waals surface area contributed by atoms with E-state index in [0.717, 1.165) is 10.5 Å². The number of hydrogen-bond donors (Lipinski definition) is 0. The monoisotopic (exact) mass is 455 g/mol. The summed E-state index contributed by atoms with van der Waals surface area (Å²) in [4.78, 5) is 55.8. The number of amides is 2. The van der Waals surface area contributed by atoms with Crippen molar-refractivity contribution in [1.29, 1.82) is 0 Å². The molecule has 1 aliphatic carbocycles. The van der Waals surface area contributed by atoms with Crippen LogP contribution >= 0.6 is 0 Å². The van der Waals surface area contributed by atoms with E-state index in [4.69, 9.17) is 4.74 Å². The van der Waals surface area contributed by atoms with E-state index in [1.54, 1.807) is 42.5 Å². The summed E-state index contributed by atoms with van der Waals surface area (Å²) < 4.78 is 20.2. The second kappa shape index (κ2) is 7.01. The fourth-order valence-electron chi connectivity index (χ4n) is 5.45. The van der Waals surface area contributed by atoms with Crippen LogP contribution in [0.15, 0.2) is 72.8 Å². The lowest BCUT2D eigenvalue weighted by atomic mass is 9.77. The Kier molecular flexibility index (Phi) is 4.25. The van der Waals surface area contributed by atoms with Gasteiger partial charge in [-0.15, -0.1) is 0 Å². The van der Waals surface area contributed by atoms with Crippen molar-refractivity contribution in [3.05, 3.63) is 101 Å². The van der Waals surface area contributed by atoms with E-state index < -0.39 is 52.7 Å². The highest BCUT2D eigenvalue weighted by molar-refractivity contribution is 6.37. The molecule has 3 aromatic carbocycles. The highest BCUT2D eigenvalue weighted by Gasteiger charge is 2.74. The first-order valence-electron chi connectivity index (χ1n) is 10.9. The lowest BCUT2D eigenvalue weighted by Gasteiger charge is -2.27. The van der Waals surface area contributed by atoms with E-state index in [-0.39, 0.29) is 16.7 Å². The van der Waals surface area contributed by atoms with E-state index in [0.29, 0.717) is 5.69 Å². The number of rotatable bonds is 2. The van der Waals surface area contributed by atoms with Crippen molar-refractivity contribution in [3.63, 3.8) is 0 Å². The maximum Gasteiger partial charge on any atom is 0.241 e. The molecule has 2 fully saturated rings. The quantitative estimate of drug-likeness (QED) is 0.433. The number of benzene rings is 3. The zero-order chi connectivity index (χ0) is 23.8. The summed E-state index contributed by atoms with van der Waals surface area (Å²) in [6.45, 7) is 1.88. The van der Waals surface area contributed by atoms with Crippen LogP contribution in [0.25, 0.3) is 0 Å². The summed E-state index contributed by atoms with van der Waals surface area (Å²) in [5.74, 6) is -5.62. The summed E-state index contributed by atoms with van der Waals surface area (Å²) in [5.41, 5.74) is -0.288. The molecule has 0 aromatic heterocycles. The minimum atomic E-state index is -2.17. The Morgan fingerprint density at radius 2 is 1.47 bits per heavy atom. The van der Waals surface area contributed by atoms with E-state index in [1.807, 2.05) is 6.92 Å². The molecule has 0 radical (unpaired) electrons. The molecule has 0 unspecified atom stereocenters. The minimum Gasteiger partial charge on any atom is -0.349 e. The van der Waals surface area contributed by atoms with Crippen molar-refractivity contribution in [3.8, 4) is 0 Å². The maximum atomic E-state index is 14.1. The largest absolute Gasteiger partial charge is 0.349 e. The lowest BCUT2D eigenvalue weighted by Crippen LogP contribution is -2.51. The number of ether oxygens (including phenoxy) is 1. The van der Waals surface area contributed by atoms with Crippen molar-refractivity contribution in [1.82, 2.24) is 0 Å². The van der Waals surface area contributed by atoms with Crippen LogP contribution in [0.4, 0.5) is 10.1 Å². The molecule has 3 atom stereocenters. The third kappa shape index (κ3) is 2.53. The summed E-state index contributed by atoms with van der Waals surface area (Å²) in [6.07, 6.45) is -1.14. The number of imide groups is 1. The molecule has 34 heavy (non-hydrogen) atoms. The van der Waals surface area contributed by atoms with Crippen LogP contribution in [0.1, 0.15) is 37.9 Å². The molecule has 7 heteroatoms. The predicted octanol–water partition coefficient (Wildman–Crippen LogP) is 3.83. The molecular formula is C27H18FNO5. The lowest BCUT2D eigenvalue weighted by molar-refractivity contribution is -0.127. The van der Waals surface area contributed by atoms with Crippen molar-refractivity contribution in [2.45, 2.75) is 18.6 Å². The van der Waals surface area contributed by atoms with Crippen LogP contribution in [0.2, 0.25) is 0 Å². The number of carbonyl (C=O) groups is 4. The number of hydrogen-bond acceptors (Lipinski definition) is 5. The van der Waals surface area contributed by atoms with Crippen molar-refractivity contribution in [2.75, 3.05) is 4.90 Å². The SMILES string of the molecule is Cc1ccc(N2C(=O)[C@H]3[C@@H](c4cccc(F)c4)OC4(C(=O)c5ccccc5C4=O)[C@@H]3C2=O)cc1. The van der Waals surface area contributed by atoms with Gasteiger partial charge in [-0.2, -0.15) is 0 Å². The molecule has 0 saturated carbocycles. The molecule has 168 valence electrons. The third-order valence-electron chi connectivity index (χ3n) is 6.99. The Labute approximate surface area is 193 Å². The summed E-state index contributed by atoms with van der Waals surface area (Å²) in [7, 11) is 0. The Hall–Kier alpha value is -3.97. The van der Waals surface area contributed by atoms with Gasteiger partial charge < -0.3 is 4.74 Å². The third-order valence-corrected chi connectivity index (χ3v) is 6.99. The second-order valence-electron chi connectivity index (χ2n) is 8.88. The molecule has 6 nitrogen and oxygen atoms in total. The zero-order valence-corrected chi connectivity index (χ0v) is 18.0. The van der Waals surface area contributed by atoms with E-state index in [9.17, 15) is 23.6 Å². The van der Waals surface area contributed by atoms with Crippen LogP contribution in [-0.4, -0.2) is 29.0 Å². The Balaban J connectivity index is 1.55. The Morgan fingerprint density at radius 1 is 0.824 bits per heavy atom. The highest BCUT2D eigenvalue weighted by Crippen LogP contribution is 2.57. The number of anilines is 1. The molecule has 2 heterocycles. The van der Waals surface area contributed by atoms with Gasteiger partial charge in [0.15, 0.2) is 0 Å². The number of ketones is 2. The first kappa shape index (κ1) is 20.6. The van der Waals surface area contributed by atoms with Gasteiger partial charge >= 0.3 is 0 Å². The van der Waals surface area contributed by atoms with Gasteiger partial charge in [0.2, 0.25) is 29.0 Å². The number of carbonyl (C=O) groups excluding carboxylic acids is 4. The van der Waals surface area contributed by atoms with Crippen molar-refractivity contribution < 1.29 is 28.3 Å². The smallest absolute Gasteiger partial charge is 0.241 e. The highest BCUT2D eigenvalue weighted by atomic mass is 19.1. The number of nitrogens with zero attached hydrogens (tertiary/aromatic N) is 1. The van der Waals surface area contributed by atoms with Crippen LogP contribution in [0.3, 0.4) is 0 Å². The van der Waals surface area contributed by atoms with Crippen LogP contribution in [-0.2, 0) is 14.3 Å². The van der Waals surface area contributed by atoms with Crippen molar-refractivity contribution in [2.24, 2.45) is 11.8 Å². The number of aryl methyl sites for hydroxylation is 1. The van der Waals surface area contributed by atoms with Gasteiger partial charge in [-0.1, -0.05) is 54.1 Å². The average Bonchev–Trinajstić information content (AvgIpc) is 3.40. The topological polar surface area (TPSA) is 80.8 Å². The molecule has 2 amide bonds. The minimum absolute atomic E-state index is 0.153. The molecule has 2 saturated heterocycles. The number of fused-ring (bicyclic) bond motifs is 3. The first-order valence-corrected chi connectivity index (χ1v) is 10.9. The van der Waals surface area contributed by atoms with Gasteiger partial charge in [0.1, 0.15) is 5.82 Å². The zero-order valence-electron chi connectivity index (χ0n) is 18.0. The summed E-state index contributed by atoms with van der Waals surface area (Å²) in [5, 5.41) is 0. The number of halogens is 1. The van der Waals surface area contributed by atoms with Gasteiger partial charge in [0, 0.05) is 11.1 Å². The maximum absolute atomic E-state index is 14.1. The fourth-order valence-corrected chi connectivity index (χ4v) is 5.45. The molecule has 3 aliphatic rings. The Morgan fingerprint density at radius 3 is 2.09 bits per heavy atom. The molecule has 0 N–H and O–H groups in total. The molecule has 2 aliphatic heterocycles. The van der Waals surface area contributed by atoms with Gasteiger partial charge in [0.05, 0.1) is 23.6 Å². The van der Waals surface area contributed by atoms with Gasteiger partial charge in [0.25, 0.3) is 0 Å². The molecule has 6 rings (SSSR count). The van der Waals surface area contributed by atoms with Crippen LogP contribution in [0, 0.1) is 24.6 Å². The van der Waals surface area contributed by atoms with E-state index >= 15 is 0 Å². The van der Waals surface area contributed by atoms with E-state index in [2.05, 4.69) is 0 Å². The number of Topliss-reactive ketones (excluding diaryl/α,β-unsaturated/α-hetero) is 2. The summed E-state index contributed by atoms with van der Waals surface area (Å²) >= 11 is 0. The molecule has 3 aromatic rings. The van der Waals surface area contributed by atoms with E-state index in [1.165, 1.54) is 30.3 Å². The van der Waals surface area contributed by atoms with Gasteiger partial charge in [-0.25, -0.2) is 9.29 Å². The molecule has 1 spiro atoms. The molecule has 0 bridgehead atoms. The first-order chi connectivity index (χ1) is 16.3. The van der Waals surface area contributed by atoms with Crippen LogP contribution in [0.5, 0.6) is 0 Å². The normalized spacial score (nSPS) is 24.8.